The van der Waals surface area contributed by atoms with Gasteiger partial charge in [-0.1, -0.05) is 79.7 Å². The second-order valence-electron chi connectivity index (χ2n) is 5.84. The third kappa shape index (κ3) is 4.57. The number of Topliss-reactive ketones (excluding diaryl/α,β-unsaturated/α-hetero) is 2. The Hall–Kier alpha value is -2.04. The van der Waals surface area contributed by atoms with E-state index >= 15 is 0 Å². The zero-order chi connectivity index (χ0) is 18.4. The van der Waals surface area contributed by atoms with Crippen LogP contribution in [0.5, 0.6) is 0 Å². The van der Waals surface area contributed by atoms with Crippen LogP contribution in [0.2, 0.25) is 0 Å². The Kier molecular flexibility index (Phi) is 6.53. The van der Waals surface area contributed by atoms with Crippen LogP contribution in [-0.2, 0) is 4.79 Å². The fourth-order valence-electron chi connectivity index (χ4n) is 2.72. The average molecular weight is 381 g/mol. The van der Waals surface area contributed by atoms with Crippen LogP contribution in [-0.4, -0.2) is 22.6 Å². The monoisotopic (exact) mass is 380 g/mol. The molecule has 0 N–H and O–H groups in total. The minimum Gasteiger partial charge on any atom is -0.294 e. The molecule has 3 rings (SSSR count). The van der Waals surface area contributed by atoms with Gasteiger partial charge in [0, 0.05) is 17.2 Å². The van der Waals surface area contributed by atoms with Gasteiger partial charge in [-0.15, -0.1) is 23.5 Å². The number of allylic oxidation sites excluding steroid dienone is 1. The van der Waals surface area contributed by atoms with Crippen molar-refractivity contribution >= 4 is 41.2 Å². The molecule has 1 aliphatic heterocycles. The summed E-state index contributed by atoms with van der Waals surface area (Å²) in [5.41, 5.74) is 2.04. The second kappa shape index (κ2) is 9.06. The fourth-order valence-corrected chi connectivity index (χ4v) is 5.32. The first-order valence-electron chi connectivity index (χ1n) is 8.59. The van der Waals surface area contributed by atoms with E-state index in [-0.39, 0.29) is 16.8 Å². The molecule has 0 saturated carbocycles. The summed E-state index contributed by atoms with van der Waals surface area (Å²) in [6, 6.07) is 19.1. The average Bonchev–Trinajstić information content (AvgIpc) is 2.67. The van der Waals surface area contributed by atoms with Crippen LogP contribution >= 0.6 is 23.5 Å². The van der Waals surface area contributed by atoms with E-state index < -0.39 is 0 Å². The summed E-state index contributed by atoms with van der Waals surface area (Å²) in [5, 5.41) is 0.0593. The topological polar surface area (TPSA) is 34.1 Å². The number of benzene rings is 2. The lowest BCUT2D eigenvalue weighted by atomic mass is 9.98. The SMILES string of the molecule is CCSC1=C(C(=O)c2ccccc2)C(=O)C[C@@H](/C=C/c2ccccc2)S1. The van der Waals surface area contributed by atoms with Crippen molar-refractivity contribution in [3.8, 4) is 0 Å². The van der Waals surface area contributed by atoms with Gasteiger partial charge in [-0.05, 0) is 11.3 Å². The van der Waals surface area contributed by atoms with Crippen LogP contribution in [0.15, 0.2) is 76.5 Å². The minimum atomic E-state index is -0.162. The quantitative estimate of drug-likeness (QED) is 0.481. The smallest absolute Gasteiger partial charge is 0.198 e. The van der Waals surface area contributed by atoms with Crippen LogP contribution in [0.4, 0.5) is 0 Å². The molecule has 1 heterocycles. The van der Waals surface area contributed by atoms with Crippen molar-refractivity contribution in [3.05, 3.63) is 87.7 Å². The normalized spacial score (nSPS) is 17.7. The van der Waals surface area contributed by atoms with Crippen LogP contribution in [0, 0.1) is 0 Å². The molecule has 0 bridgehead atoms. The van der Waals surface area contributed by atoms with Crippen molar-refractivity contribution in [2.24, 2.45) is 0 Å². The fraction of sp³-hybridized carbons (Fsp3) is 0.182. The van der Waals surface area contributed by atoms with Gasteiger partial charge in [0.05, 0.1) is 9.81 Å². The summed E-state index contributed by atoms with van der Waals surface area (Å²) in [6.45, 7) is 2.04. The van der Waals surface area contributed by atoms with Crippen molar-refractivity contribution < 1.29 is 9.59 Å². The van der Waals surface area contributed by atoms with Gasteiger partial charge in [0.15, 0.2) is 11.6 Å². The Labute approximate surface area is 162 Å². The first-order valence-corrected chi connectivity index (χ1v) is 10.5. The van der Waals surface area contributed by atoms with E-state index in [0.29, 0.717) is 17.6 Å². The van der Waals surface area contributed by atoms with E-state index in [1.807, 2.05) is 61.5 Å². The van der Waals surface area contributed by atoms with E-state index in [1.54, 1.807) is 35.7 Å². The molecule has 2 aromatic carbocycles. The maximum Gasteiger partial charge on any atom is 0.198 e. The molecular weight excluding hydrogens is 360 g/mol. The standard InChI is InChI=1S/C22H20O2S2/c1-2-25-22-20(21(24)17-11-7-4-8-12-17)19(23)15-18(26-22)14-13-16-9-5-3-6-10-16/h3-14,18H,2,15H2,1H3/b14-13+/t18-/m1/s1. The van der Waals surface area contributed by atoms with E-state index in [4.69, 9.17) is 0 Å². The van der Waals surface area contributed by atoms with Gasteiger partial charge in [0.2, 0.25) is 0 Å². The highest BCUT2D eigenvalue weighted by Crippen LogP contribution is 2.42. The highest BCUT2D eigenvalue weighted by atomic mass is 32.2. The van der Waals surface area contributed by atoms with Crippen LogP contribution in [0.25, 0.3) is 6.08 Å². The maximum atomic E-state index is 12.9. The third-order valence-electron chi connectivity index (χ3n) is 3.97. The first kappa shape index (κ1) is 18.7. The summed E-state index contributed by atoms with van der Waals surface area (Å²) < 4.78 is 0.848. The number of rotatable bonds is 6. The van der Waals surface area contributed by atoms with E-state index in [0.717, 1.165) is 15.6 Å². The summed E-state index contributed by atoms with van der Waals surface area (Å²) >= 11 is 3.20. The van der Waals surface area contributed by atoms with E-state index in [9.17, 15) is 9.59 Å². The predicted molar refractivity (Wildman–Crippen MR) is 112 cm³/mol. The Balaban J connectivity index is 1.85. The molecule has 132 valence electrons. The number of hydrogen-bond acceptors (Lipinski definition) is 4. The Morgan fingerprint density at radius 3 is 2.42 bits per heavy atom. The lowest BCUT2D eigenvalue weighted by Crippen LogP contribution is -2.22. The maximum absolute atomic E-state index is 12.9. The van der Waals surface area contributed by atoms with Crippen molar-refractivity contribution in [2.45, 2.75) is 18.6 Å². The van der Waals surface area contributed by atoms with Gasteiger partial charge in [-0.25, -0.2) is 0 Å². The Morgan fingerprint density at radius 1 is 1.12 bits per heavy atom. The number of carbonyl (C=O) groups excluding carboxylic acids is 2. The van der Waals surface area contributed by atoms with Crippen LogP contribution in [0.1, 0.15) is 29.3 Å². The van der Waals surface area contributed by atoms with Crippen LogP contribution < -0.4 is 0 Å². The summed E-state index contributed by atoms with van der Waals surface area (Å²) in [6.07, 6.45) is 4.47. The molecule has 0 amide bonds. The molecule has 0 unspecified atom stereocenters. The summed E-state index contributed by atoms with van der Waals surface area (Å²) in [7, 11) is 0. The van der Waals surface area contributed by atoms with E-state index in [1.165, 1.54) is 0 Å². The first-order chi connectivity index (χ1) is 12.7. The molecule has 2 nitrogen and oxygen atoms in total. The largest absolute Gasteiger partial charge is 0.294 e. The molecule has 1 atom stereocenters. The second-order valence-corrected chi connectivity index (χ2v) is 8.63. The molecule has 2 aromatic rings. The molecule has 1 aliphatic rings. The van der Waals surface area contributed by atoms with Gasteiger partial charge in [-0.3, -0.25) is 9.59 Å². The number of hydrogen-bond donors (Lipinski definition) is 0. The van der Waals surface area contributed by atoms with Gasteiger partial charge in [-0.2, -0.15) is 0 Å². The van der Waals surface area contributed by atoms with Crippen molar-refractivity contribution in [1.82, 2.24) is 0 Å². The lowest BCUT2D eigenvalue weighted by molar-refractivity contribution is -0.115. The zero-order valence-electron chi connectivity index (χ0n) is 14.6. The van der Waals surface area contributed by atoms with Gasteiger partial charge >= 0.3 is 0 Å². The molecule has 0 radical (unpaired) electrons. The Morgan fingerprint density at radius 2 is 1.77 bits per heavy atom. The number of thioether (sulfide) groups is 2. The highest BCUT2D eigenvalue weighted by Gasteiger charge is 2.31. The zero-order valence-corrected chi connectivity index (χ0v) is 16.2. The number of carbonyl (C=O) groups is 2. The van der Waals surface area contributed by atoms with Gasteiger partial charge in [0.25, 0.3) is 0 Å². The predicted octanol–water partition coefficient (Wildman–Crippen LogP) is 5.62. The molecule has 26 heavy (non-hydrogen) atoms. The van der Waals surface area contributed by atoms with Crippen molar-refractivity contribution in [3.63, 3.8) is 0 Å². The molecule has 0 spiro atoms. The van der Waals surface area contributed by atoms with Gasteiger partial charge < -0.3 is 0 Å². The van der Waals surface area contributed by atoms with Crippen molar-refractivity contribution in [1.29, 1.82) is 0 Å². The van der Waals surface area contributed by atoms with Crippen LogP contribution in [0.3, 0.4) is 0 Å². The molecule has 0 fully saturated rings. The molecule has 0 aromatic heterocycles. The highest BCUT2D eigenvalue weighted by molar-refractivity contribution is 8.22. The lowest BCUT2D eigenvalue weighted by Gasteiger charge is -2.23. The molecule has 0 saturated heterocycles. The summed E-state index contributed by atoms with van der Waals surface area (Å²) in [5.74, 6) is 0.608. The molecular formula is C22H20O2S2. The third-order valence-corrected chi connectivity index (χ3v) is 6.41. The number of ketones is 2. The van der Waals surface area contributed by atoms with Gasteiger partial charge in [0.1, 0.15) is 0 Å². The Bertz CT molecular complexity index is 839. The van der Waals surface area contributed by atoms with E-state index in [2.05, 4.69) is 6.08 Å². The molecule has 0 aliphatic carbocycles. The van der Waals surface area contributed by atoms with Crippen molar-refractivity contribution in [2.75, 3.05) is 5.75 Å². The minimum absolute atomic E-state index is 0.0590. The summed E-state index contributed by atoms with van der Waals surface area (Å²) in [4.78, 5) is 25.6. The molecule has 4 heteroatoms.